The van der Waals surface area contributed by atoms with E-state index >= 15 is 0 Å². The van der Waals surface area contributed by atoms with E-state index in [2.05, 4.69) is 19.0 Å². The van der Waals surface area contributed by atoms with Crippen LogP contribution in [-0.2, 0) is 0 Å². The summed E-state index contributed by atoms with van der Waals surface area (Å²) >= 11 is 5.87. The lowest BCUT2D eigenvalue weighted by atomic mass is 10.1. The van der Waals surface area contributed by atoms with Crippen LogP contribution in [0.2, 0.25) is 5.02 Å². The Bertz CT molecular complexity index is 419. The van der Waals surface area contributed by atoms with Crippen LogP contribution in [0.15, 0.2) is 23.4 Å². The van der Waals surface area contributed by atoms with Crippen molar-refractivity contribution < 1.29 is 9.94 Å². The number of ether oxygens (including phenoxy) is 1. The summed E-state index contributed by atoms with van der Waals surface area (Å²) in [5.74, 6) is 1.23. The van der Waals surface area contributed by atoms with Gasteiger partial charge >= 0.3 is 0 Å². The summed E-state index contributed by atoms with van der Waals surface area (Å²) < 4.78 is 5.63. The third-order valence-electron chi connectivity index (χ3n) is 2.51. The van der Waals surface area contributed by atoms with Gasteiger partial charge in [-0.1, -0.05) is 30.6 Å². The highest BCUT2D eigenvalue weighted by Crippen LogP contribution is 2.23. The largest absolute Gasteiger partial charge is 0.493 e. The van der Waals surface area contributed by atoms with Crippen molar-refractivity contribution in [2.45, 2.75) is 26.7 Å². The van der Waals surface area contributed by atoms with E-state index in [1.54, 1.807) is 18.2 Å². The lowest BCUT2D eigenvalue weighted by Gasteiger charge is -2.11. The van der Waals surface area contributed by atoms with Crippen LogP contribution < -0.4 is 10.5 Å². The predicted octanol–water partition coefficient (Wildman–Crippen LogP) is 3.25. The molecule has 0 spiro atoms. The zero-order chi connectivity index (χ0) is 13.5. The molecule has 1 rings (SSSR count). The zero-order valence-corrected chi connectivity index (χ0v) is 11.4. The molecule has 0 unspecified atom stereocenters. The molecular weight excluding hydrogens is 252 g/mol. The topological polar surface area (TPSA) is 67.8 Å². The first-order valence-electron chi connectivity index (χ1n) is 5.95. The van der Waals surface area contributed by atoms with Crippen molar-refractivity contribution >= 4 is 17.4 Å². The maximum atomic E-state index is 8.71. The van der Waals surface area contributed by atoms with Gasteiger partial charge in [-0.25, -0.2) is 0 Å². The number of amidine groups is 1. The molecule has 0 radical (unpaired) electrons. The first kappa shape index (κ1) is 14.6. The highest BCUT2D eigenvalue weighted by atomic mass is 35.5. The van der Waals surface area contributed by atoms with Gasteiger partial charge in [-0.05, 0) is 37.0 Å². The number of oxime groups is 1. The van der Waals surface area contributed by atoms with Crippen molar-refractivity contribution in [1.82, 2.24) is 0 Å². The second-order valence-electron chi connectivity index (χ2n) is 4.51. The molecule has 0 fully saturated rings. The van der Waals surface area contributed by atoms with E-state index in [1.165, 1.54) is 0 Å². The van der Waals surface area contributed by atoms with Crippen LogP contribution in [-0.4, -0.2) is 17.6 Å². The first-order valence-corrected chi connectivity index (χ1v) is 6.32. The molecule has 0 saturated carbocycles. The van der Waals surface area contributed by atoms with Gasteiger partial charge in [0.2, 0.25) is 0 Å². The molecule has 1 aromatic rings. The van der Waals surface area contributed by atoms with E-state index in [0.29, 0.717) is 28.9 Å². The third-order valence-corrected chi connectivity index (χ3v) is 2.74. The quantitative estimate of drug-likeness (QED) is 0.274. The molecule has 100 valence electrons. The van der Waals surface area contributed by atoms with Crippen molar-refractivity contribution in [2.24, 2.45) is 16.8 Å². The average molecular weight is 271 g/mol. The van der Waals surface area contributed by atoms with Crippen LogP contribution in [0.1, 0.15) is 32.3 Å². The van der Waals surface area contributed by atoms with Gasteiger partial charge in [-0.3, -0.25) is 0 Å². The van der Waals surface area contributed by atoms with Gasteiger partial charge in [0.1, 0.15) is 5.75 Å². The summed E-state index contributed by atoms with van der Waals surface area (Å²) in [6.07, 6.45) is 2.07. The smallest absolute Gasteiger partial charge is 0.173 e. The van der Waals surface area contributed by atoms with Crippen LogP contribution in [0, 0.1) is 5.92 Å². The fourth-order valence-corrected chi connectivity index (χ4v) is 1.73. The third kappa shape index (κ3) is 4.45. The zero-order valence-electron chi connectivity index (χ0n) is 10.7. The molecule has 5 heteroatoms. The second-order valence-corrected chi connectivity index (χ2v) is 4.95. The molecule has 0 saturated heterocycles. The first-order chi connectivity index (χ1) is 8.54. The molecule has 0 aromatic heterocycles. The minimum Gasteiger partial charge on any atom is -0.493 e. The van der Waals surface area contributed by atoms with Crippen LogP contribution >= 0.6 is 11.6 Å². The minimum atomic E-state index is -0.00337. The highest BCUT2D eigenvalue weighted by molar-refractivity contribution is 6.31. The number of nitrogens with zero attached hydrogens (tertiary/aromatic N) is 1. The molecule has 18 heavy (non-hydrogen) atoms. The lowest BCUT2D eigenvalue weighted by molar-refractivity contribution is 0.296. The Kier molecular flexibility index (Phi) is 5.78. The Labute approximate surface area is 112 Å². The van der Waals surface area contributed by atoms with Crippen LogP contribution in [0.25, 0.3) is 0 Å². The number of halogens is 1. The number of nitrogens with two attached hydrogens (primary N) is 1. The predicted molar refractivity (Wildman–Crippen MR) is 73.5 cm³/mol. The summed E-state index contributed by atoms with van der Waals surface area (Å²) in [6, 6.07) is 5.06. The molecule has 0 heterocycles. The van der Waals surface area contributed by atoms with Crippen LogP contribution in [0.5, 0.6) is 5.75 Å². The van der Waals surface area contributed by atoms with Crippen molar-refractivity contribution in [2.75, 3.05) is 6.61 Å². The number of benzene rings is 1. The molecule has 0 aliphatic heterocycles. The van der Waals surface area contributed by atoms with E-state index in [0.717, 1.165) is 12.8 Å². The summed E-state index contributed by atoms with van der Waals surface area (Å²) in [7, 11) is 0. The molecule has 0 aliphatic rings. The maximum absolute atomic E-state index is 8.71. The van der Waals surface area contributed by atoms with Gasteiger partial charge < -0.3 is 15.7 Å². The summed E-state index contributed by atoms with van der Waals surface area (Å²) in [6.45, 7) is 4.94. The fourth-order valence-electron chi connectivity index (χ4n) is 1.56. The molecule has 0 aliphatic carbocycles. The fraction of sp³-hybridized carbons (Fsp3) is 0.462. The number of hydrogen-bond acceptors (Lipinski definition) is 3. The lowest BCUT2D eigenvalue weighted by Crippen LogP contribution is -2.15. The van der Waals surface area contributed by atoms with E-state index in [9.17, 15) is 0 Å². The molecule has 3 N–H and O–H groups in total. The van der Waals surface area contributed by atoms with Crippen LogP contribution in [0.3, 0.4) is 0 Å². The number of hydrogen-bond donors (Lipinski definition) is 2. The van der Waals surface area contributed by atoms with Crippen molar-refractivity contribution in [3.05, 3.63) is 28.8 Å². The molecule has 0 atom stereocenters. The Morgan fingerprint density at radius 3 is 2.83 bits per heavy atom. The van der Waals surface area contributed by atoms with Crippen molar-refractivity contribution in [3.8, 4) is 5.75 Å². The van der Waals surface area contributed by atoms with E-state index in [1.807, 2.05) is 0 Å². The van der Waals surface area contributed by atoms with Gasteiger partial charge in [-0.15, -0.1) is 0 Å². The Hall–Kier alpha value is -1.42. The average Bonchev–Trinajstić information content (AvgIpc) is 2.34. The van der Waals surface area contributed by atoms with Gasteiger partial charge in [0.15, 0.2) is 5.84 Å². The molecule has 1 aromatic carbocycles. The summed E-state index contributed by atoms with van der Waals surface area (Å²) in [4.78, 5) is 0. The Morgan fingerprint density at radius 2 is 2.22 bits per heavy atom. The molecule has 0 amide bonds. The van der Waals surface area contributed by atoms with E-state index in [-0.39, 0.29) is 5.84 Å². The SMILES string of the molecule is CC(C)CCCOc1ccc(Cl)cc1C(N)=NO. The maximum Gasteiger partial charge on any atom is 0.173 e. The second kappa shape index (κ2) is 7.11. The number of rotatable bonds is 6. The van der Waals surface area contributed by atoms with Gasteiger partial charge in [0.25, 0.3) is 0 Å². The minimum absolute atomic E-state index is 0.00337. The molecule has 0 bridgehead atoms. The van der Waals surface area contributed by atoms with Crippen LogP contribution in [0.4, 0.5) is 0 Å². The Balaban J connectivity index is 2.70. The summed E-state index contributed by atoms with van der Waals surface area (Å²) in [5.41, 5.74) is 6.09. The molecular formula is C13H19ClN2O2. The normalized spacial score (nSPS) is 11.9. The van der Waals surface area contributed by atoms with Gasteiger partial charge in [-0.2, -0.15) is 0 Å². The summed E-state index contributed by atoms with van der Waals surface area (Å²) in [5, 5.41) is 12.2. The highest BCUT2D eigenvalue weighted by Gasteiger charge is 2.09. The van der Waals surface area contributed by atoms with Gasteiger partial charge in [0, 0.05) is 5.02 Å². The van der Waals surface area contributed by atoms with E-state index in [4.69, 9.17) is 27.3 Å². The Morgan fingerprint density at radius 1 is 1.50 bits per heavy atom. The monoisotopic (exact) mass is 270 g/mol. The standard InChI is InChI=1S/C13H19ClN2O2/c1-9(2)4-3-7-18-12-6-5-10(14)8-11(12)13(15)16-17/h5-6,8-9,17H,3-4,7H2,1-2H3,(H2,15,16). The van der Waals surface area contributed by atoms with E-state index < -0.39 is 0 Å². The van der Waals surface area contributed by atoms with Crippen molar-refractivity contribution in [1.29, 1.82) is 0 Å². The molecule has 4 nitrogen and oxygen atoms in total. The van der Waals surface area contributed by atoms with Gasteiger partial charge in [0.05, 0.1) is 12.2 Å². The van der Waals surface area contributed by atoms with Crippen molar-refractivity contribution in [3.63, 3.8) is 0 Å².